The van der Waals surface area contributed by atoms with Crippen LogP contribution in [-0.2, 0) is 0 Å². The Morgan fingerprint density at radius 3 is 2.50 bits per heavy atom. The Balaban J connectivity index is 2.25. The van der Waals surface area contributed by atoms with E-state index in [9.17, 15) is 4.39 Å². The van der Waals surface area contributed by atoms with Crippen molar-refractivity contribution < 1.29 is 13.9 Å². The number of halogens is 1. The number of nitriles is 1. The van der Waals surface area contributed by atoms with E-state index >= 15 is 0 Å². The second-order valence-electron chi connectivity index (χ2n) is 3.45. The van der Waals surface area contributed by atoms with Crippen molar-refractivity contribution in [3.63, 3.8) is 0 Å². The van der Waals surface area contributed by atoms with Crippen molar-refractivity contribution in [3.05, 3.63) is 53.8 Å². The first-order valence-corrected chi connectivity index (χ1v) is 5.16. The second kappa shape index (κ2) is 5.19. The van der Waals surface area contributed by atoms with Gasteiger partial charge in [0.25, 0.3) is 0 Å². The quantitative estimate of drug-likeness (QED) is 0.829. The average molecular weight is 242 g/mol. The van der Waals surface area contributed by atoms with Gasteiger partial charge >= 0.3 is 0 Å². The first-order valence-electron chi connectivity index (χ1n) is 5.16. The summed E-state index contributed by atoms with van der Waals surface area (Å²) in [5, 5.41) is 8.87. The lowest BCUT2D eigenvalue weighted by Gasteiger charge is -2.07. The minimum Gasteiger partial charge on any atom is -0.497 e. The maximum absolute atomic E-state index is 12.9. The van der Waals surface area contributed by atoms with E-state index in [2.05, 4.69) is 6.07 Å². The van der Waals surface area contributed by atoms with Crippen LogP contribution in [0.5, 0.6) is 17.2 Å². The van der Waals surface area contributed by atoms with Crippen molar-refractivity contribution in [3.8, 4) is 23.3 Å². The Morgan fingerprint density at radius 2 is 1.89 bits per heavy atom. The van der Waals surface area contributed by atoms with Crippen LogP contribution in [0.15, 0.2) is 36.4 Å². The lowest BCUT2D eigenvalue weighted by atomic mass is 10.2. The molecule has 0 aliphatic rings. The number of ether oxygens (including phenoxy) is 2. The molecule has 0 amide bonds. The van der Waals surface area contributed by atoms with Crippen LogP contribution in [0.3, 0.4) is 0 Å². The summed E-state index contributed by atoms with van der Waals surface area (Å²) in [6.07, 6.45) is 0. The fourth-order valence-electron chi connectivity index (χ4n) is 1.39. The summed E-state index contributed by atoms with van der Waals surface area (Å²) in [7, 11) is 1.57. The third kappa shape index (κ3) is 2.58. The fraction of sp³-hybridized carbons (Fsp3) is 0.0714. The Labute approximate surface area is 104 Å². The van der Waals surface area contributed by atoms with Crippen molar-refractivity contribution in [1.82, 2.24) is 0 Å². The van der Waals surface area contributed by atoms with Gasteiger partial charge in [-0.05, 0) is 36.4 Å². The molecule has 0 aliphatic heterocycles. The van der Waals surface area contributed by atoms with Crippen LogP contribution in [0.4, 0.5) is 4.39 Å². The highest BCUT2D eigenvalue weighted by Gasteiger charge is 2.06. The lowest BCUT2D eigenvalue weighted by molar-refractivity contribution is 0.412. The van der Waals surface area contributed by atoms with Crippen LogP contribution < -0.4 is 9.47 Å². The first-order chi connectivity index (χ1) is 8.72. The smallest absolute Gasteiger partial charge is 0.146 e. The number of benzene rings is 2. The van der Waals surface area contributed by atoms with Crippen LogP contribution >= 0.6 is 0 Å². The van der Waals surface area contributed by atoms with Gasteiger partial charge in [0.2, 0.25) is 0 Å². The van der Waals surface area contributed by atoms with E-state index in [1.165, 1.54) is 6.07 Å². The van der Waals surface area contributed by atoms with E-state index in [0.717, 1.165) is 6.07 Å². The molecule has 3 nitrogen and oxygen atoms in total. The SMILES string of the molecule is COc1ccc(Oc2c[c]c(F)cc2C#N)cc1. The van der Waals surface area contributed by atoms with Crippen LogP contribution in [0.1, 0.15) is 5.56 Å². The molecule has 0 unspecified atom stereocenters. The average Bonchev–Trinajstić information content (AvgIpc) is 2.41. The molecule has 1 radical (unpaired) electrons. The number of hydrogen-bond donors (Lipinski definition) is 0. The third-order valence-electron chi connectivity index (χ3n) is 2.29. The molecule has 89 valence electrons. The largest absolute Gasteiger partial charge is 0.497 e. The molecule has 0 saturated heterocycles. The molecule has 4 heteroatoms. The maximum Gasteiger partial charge on any atom is 0.146 e. The van der Waals surface area contributed by atoms with Crippen LogP contribution in [-0.4, -0.2) is 7.11 Å². The Bertz CT molecular complexity index is 588. The molecular formula is C14H9FNO2. The van der Waals surface area contributed by atoms with Crippen molar-refractivity contribution >= 4 is 0 Å². The second-order valence-corrected chi connectivity index (χ2v) is 3.45. The predicted molar refractivity (Wildman–Crippen MR) is 63.0 cm³/mol. The van der Waals surface area contributed by atoms with Gasteiger partial charge in [-0.25, -0.2) is 4.39 Å². The van der Waals surface area contributed by atoms with Crippen molar-refractivity contribution in [2.24, 2.45) is 0 Å². The lowest BCUT2D eigenvalue weighted by Crippen LogP contribution is -1.90. The zero-order valence-corrected chi connectivity index (χ0v) is 9.61. The summed E-state index contributed by atoms with van der Waals surface area (Å²) in [5.74, 6) is 0.915. The van der Waals surface area contributed by atoms with Gasteiger partial charge in [0.1, 0.15) is 29.1 Å². The summed E-state index contributed by atoms with van der Waals surface area (Å²) in [6, 6.07) is 13.5. The Hall–Kier alpha value is -2.54. The molecule has 0 aromatic heterocycles. The standard InChI is InChI=1S/C14H9FNO2/c1-17-12-3-5-13(6-4-12)18-14-7-2-11(15)8-10(14)9-16/h3-8H,1H3. The topological polar surface area (TPSA) is 42.2 Å². The van der Waals surface area contributed by atoms with Crippen molar-refractivity contribution in [2.45, 2.75) is 0 Å². The van der Waals surface area contributed by atoms with E-state index in [1.54, 1.807) is 31.4 Å². The van der Waals surface area contributed by atoms with Gasteiger partial charge in [-0.1, -0.05) is 0 Å². The summed E-state index contributed by atoms with van der Waals surface area (Å²) in [4.78, 5) is 0. The van der Waals surface area contributed by atoms with E-state index < -0.39 is 5.82 Å². The molecule has 0 atom stereocenters. The molecular weight excluding hydrogens is 233 g/mol. The van der Waals surface area contributed by atoms with E-state index in [1.807, 2.05) is 6.07 Å². The molecule has 0 spiro atoms. The number of methoxy groups -OCH3 is 1. The van der Waals surface area contributed by atoms with Crippen molar-refractivity contribution in [2.75, 3.05) is 7.11 Å². The highest BCUT2D eigenvalue weighted by atomic mass is 19.1. The van der Waals surface area contributed by atoms with E-state index in [4.69, 9.17) is 14.7 Å². The van der Waals surface area contributed by atoms with Gasteiger partial charge in [0.15, 0.2) is 0 Å². The normalized spacial score (nSPS) is 9.61. The summed E-state index contributed by atoms with van der Waals surface area (Å²) in [6.45, 7) is 0. The zero-order valence-electron chi connectivity index (χ0n) is 9.61. The summed E-state index contributed by atoms with van der Waals surface area (Å²) in [5.41, 5.74) is 0.127. The van der Waals surface area contributed by atoms with Gasteiger partial charge in [0.05, 0.1) is 12.7 Å². The van der Waals surface area contributed by atoms with Crippen molar-refractivity contribution in [1.29, 1.82) is 5.26 Å². The maximum atomic E-state index is 12.9. The molecule has 18 heavy (non-hydrogen) atoms. The molecule has 0 bridgehead atoms. The molecule has 2 aromatic rings. The van der Waals surface area contributed by atoms with Gasteiger partial charge in [-0.3, -0.25) is 0 Å². The van der Waals surface area contributed by atoms with Crippen LogP contribution in [0.2, 0.25) is 0 Å². The molecule has 0 aliphatic carbocycles. The molecule has 2 rings (SSSR count). The first kappa shape index (κ1) is 11.9. The predicted octanol–water partition coefficient (Wildman–Crippen LogP) is 3.30. The molecule has 0 saturated carbocycles. The summed E-state index contributed by atoms with van der Waals surface area (Å²) >= 11 is 0. The minimum atomic E-state index is -0.589. The molecule has 2 aromatic carbocycles. The van der Waals surface area contributed by atoms with E-state index in [0.29, 0.717) is 11.5 Å². The Kier molecular flexibility index (Phi) is 3.44. The molecule has 0 fully saturated rings. The van der Waals surface area contributed by atoms with Crippen LogP contribution in [0, 0.1) is 23.2 Å². The highest BCUT2D eigenvalue weighted by molar-refractivity contribution is 5.45. The molecule has 0 N–H and O–H groups in total. The Morgan fingerprint density at radius 1 is 1.22 bits per heavy atom. The third-order valence-corrected chi connectivity index (χ3v) is 2.29. The fourth-order valence-corrected chi connectivity index (χ4v) is 1.39. The number of hydrogen-bond acceptors (Lipinski definition) is 3. The van der Waals surface area contributed by atoms with Crippen LogP contribution in [0.25, 0.3) is 0 Å². The van der Waals surface area contributed by atoms with Gasteiger partial charge in [-0.15, -0.1) is 0 Å². The monoisotopic (exact) mass is 242 g/mol. The summed E-state index contributed by atoms with van der Waals surface area (Å²) < 4.78 is 23.4. The number of nitrogens with zero attached hydrogens (tertiary/aromatic N) is 1. The van der Waals surface area contributed by atoms with Gasteiger partial charge in [0, 0.05) is 6.07 Å². The highest BCUT2D eigenvalue weighted by Crippen LogP contribution is 2.26. The molecule has 0 heterocycles. The van der Waals surface area contributed by atoms with E-state index in [-0.39, 0.29) is 11.3 Å². The minimum absolute atomic E-state index is 0.127. The number of rotatable bonds is 3. The zero-order chi connectivity index (χ0) is 13.0. The van der Waals surface area contributed by atoms with Gasteiger partial charge < -0.3 is 9.47 Å². The van der Waals surface area contributed by atoms with Gasteiger partial charge in [-0.2, -0.15) is 5.26 Å².